The van der Waals surface area contributed by atoms with Gasteiger partial charge in [0.1, 0.15) is 18.3 Å². The van der Waals surface area contributed by atoms with Crippen LogP contribution in [0.1, 0.15) is 13.2 Å². The Morgan fingerprint density at radius 3 is 2.88 bits per heavy atom. The first-order valence-electron chi connectivity index (χ1n) is 7.37. The van der Waals surface area contributed by atoms with Crippen molar-refractivity contribution in [3.63, 3.8) is 0 Å². The van der Waals surface area contributed by atoms with E-state index in [0.29, 0.717) is 0 Å². The van der Waals surface area contributed by atoms with Gasteiger partial charge in [-0.2, -0.15) is 0 Å². The molecule has 2 aromatic rings. The number of phosphoric acid groups is 1. The molecule has 3 heterocycles. The lowest BCUT2D eigenvalue weighted by atomic mass is 10.1. The highest BCUT2D eigenvalue weighted by Crippen LogP contribution is 2.39. The van der Waals surface area contributed by atoms with E-state index < -0.39 is 44.5 Å². The summed E-state index contributed by atoms with van der Waals surface area (Å²) in [6.07, 6.45) is -1.50. The molecule has 0 aliphatic carbocycles. The highest BCUT2D eigenvalue weighted by Gasteiger charge is 2.46. The number of fused-ring (bicyclic) bond motifs is 1. The number of imidazole rings is 1. The Morgan fingerprint density at radius 2 is 2.20 bits per heavy atom. The van der Waals surface area contributed by atoms with Crippen molar-refractivity contribution in [2.45, 2.75) is 31.5 Å². The van der Waals surface area contributed by atoms with Gasteiger partial charge in [0.15, 0.2) is 17.4 Å². The number of aliphatic hydroxyl groups is 1. The van der Waals surface area contributed by atoms with Crippen molar-refractivity contribution in [3.05, 3.63) is 23.0 Å². The van der Waals surface area contributed by atoms with Crippen LogP contribution in [0.5, 0.6) is 0 Å². The van der Waals surface area contributed by atoms with E-state index in [2.05, 4.69) is 19.5 Å². The van der Waals surface area contributed by atoms with Gasteiger partial charge in [0.2, 0.25) is 0 Å². The van der Waals surface area contributed by atoms with E-state index in [1.165, 1.54) is 17.2 Å². The van der Waals surface area contributed by atoms with E-state index in [4.69, 9.17) is 19.3 Å². The molecule has 1 aliphatic rings. The van der Waals surface area contributed by atoms with Crippen LogP contribution >= 0.6 is 7.82 Å². The minimum Gasteiger partial charge on any atom is -0.387 e. The van der Waals surface area contributed by atoms with Crippen molar-refractivity contribution in [2.24, 2.45) is 0 Å². The summed E-state index contributed by atoms with van der Waals surface area (Å²) in [6.45, 7) is 1.44. The number of aromatic amines is 1. The van der Waals surface area contributed by atoms with Crippen LogP contribution in [-0.2, 0) is 18.6 Å². The Morgan fingerprint density at radius 1 is 1.44 bits per heavy atom. The van der Waals surface area contributed by atoms with Crippen molar-refractivity contribution in [1.82, 2.24) is 19.5 Å². The molecule has 0 bridgehead atoms. The van der Waals surface area contributed by atoms with Gasteiger partial charge in [-0.15, -0.1) is 0 Å². The van der Waals surface area contributed by atoms with E-state index in [0.717, 1.165) is 0 Å². The number of ether oxygens (including phenoxy) is 2. The van der Waals surface area contributed by atoms with Crippen molar-refractivity contribution < 1.29 is 33.5 Å². The fourth-order valence-corrected chi connectivity index (χ4v) is 3.01. The zero-order chi connectivity index (χ0) is 18.2. The summed E-state index contributed by atoms with van der Waals surface area (Å²) in [5, 5.41) is 10.4. The molecular weight excluding hydrogens is 359 g/mol. The van der Waals surface area contributed by atoms with Crippen LogP contribution in [0.2, 0.25) is 0 Å². The summed E-state index contributed by atoms with van der Waals surface area (Å²) in [6, 6.07) is 0. The lowest BCUT2D eigenvalue weighted by Gasteiger charge is -2.21. The fraction of sp³-hybridized carbons (Fsp3) is 0.583. The fourth-order valence-electron chi connectivity index (χ4n) is 2.67. The normalized spacial score (nSPS) is 27.2. The van der Waals surface area contributed by atoms with E-state index in [-0.39, 0.29) is 17.8 Å². The molecule has 13 heteroatoms. The number of phosphoric ester groups is 1. The number of rotatable bonds is 6. The molecule has 1 aliphatic heterocycles. The van der Waals surface area contributed by atoms with Gasteiger partial charge in [0.05, 0.1) is 19.3 Å². The van der Waals surface area contributed by atoms with Crippen molar-refractivity contribution in [2.75, 3.05) is 13.2 Å². The minimum atomic E-state index is -4.71. The molecule has 138 valence electrons. The molecule has 0 radical (unpaired) electrons. The van der Waals surface area contributed by atoms with Crippen molar-refractivity contribution in [3.8, 4) is 0 Å². The number of aromatic nitrogens is 4. The second kappa shape index (κ2) is 6.92. The summed E-state index contributed by atoms with van der Waals surface area (Å²) >= 11 is 0. The lowest BCUT2D eigenvalue weighted by molar-refractivity contribution is -0.0673. The average molecular weight is 376 g/mol. The molecule has 1 saturated heterocycles. The molecule has 0 saturated carbocycles. The standard InChI is InChI=1S/C12H17N4O8P/c1-2-22-9-8(17)6(3-23-25(19,20)21)24-12(9)16-5-15-7-10(16)13-4-14-11(7)18/h4-6,8-9,12,17H,2-3H2,1H3,(H,13,14,18)(H2,19,20,21)/t6-,8-,9-,12-/m1/s1. The molecule has 12 nitrogen and oxygen atoms in total. The van der Waals surface area contributed by atoms with Crippen LogP contribution < -0.4 is 5.56 Å². The smallest absolute Gasteiger partial charge is 0.387 e. The maximum absolute atomic E-state index is 11.8. The number of H-pyrrole nitrogens is 1. The monoisotopic (exact) mass is 376 g/mol. The van der Waals surface area contributed by atoms with Crippen molar-refractivity contribution >= 4 is 19.0 Å². The highest BCUT2D eigenvalue weighted by molar-refractivity contribution is 7.46. The zero-order valence-electron chi connectivity index (χ0n) is 13.1. The van der Waals surface area contributed by atoms with Gasteiger partial charge in [0, 0.05) is 6.61 Å². The van der Waals surface area contributed by atoms with Crippen LogP contribution in [-0.4, -0.2) is 65.9 Å². The second-order valence-electron chi connectivity index (χ2n) is 5.32. The predicted octanol–water partition coefficient (Wildman–Crippen LogP) is -1.11. The molecule has 0 unspecified atom stereocenters. The summed E-state index contributed by atoms with van der Waals surface area (Å²) in [5.41, 5.74) is -0.121. The first-order valence-corrected chi connectivity index (χ1v) is 8.90. The third-order valence-electron chi connectivity index (χ3n) is 3.72. The Hall–Kier alpha value is -1.66. The van der Waals surface area contributed by atoms with Crippen LogP contribution in [0.3, 0.4) is 0 Å². The van der Waals surface area contributed by atoms with E-state index >= 15 is 0 Å². The molecule has 25 heavy (non-hydrogen) atoms. The summed E-state index contributed by atoms with van der Waals surface area (Å²) < 4.78 is 27.9. The number of hydrogen-bond donors (Lipinski definition) is 4. The van der Waals surface area contributed by atoms with Gasteiger partial charge in [0.25, 0.3) is 5.56 Å². The number of hydrogen-bond acceptors (Lipinski definition) is 8. The van der Waals surface area contributed by atoms with Gasteiger partial charge in [-0.3, -0.25) is 13.9 Å². The number of aliphatic hydroxyl groups excluding tert-OH is 1. The van der Waals surface area contributed by atoms with Gasteiger partial charge >= 0.3 is 7.82 Å². The molecule has 2 aromatic heterocycles. The summed E-state index contributed by atoms with van der Waals surface area (Å²) in [4.78, 5) is 39.8. The van der Waals surface area contributed by atoms with Crippen LogP contribution in [0.25, 0.3) is 11.2 Å². The van der Waals surface area contributed by atoms with E-state index in [1.807, 2.05) is 0 Å². The van der Waals surface area contributed by atoms with Crippen LogP contribution in [0.15, 0.2) is 17.4 Å². The summed E-state index contributed by atoms with van der Waals surface area (Å²) in [5.74, 6) is 0. The first kappa shape index (κ1) is 18.1. The first-order chi connectivity index (χ1) is 11.8. The van der Waals surface area contributed by atoms with E-state index in [1.54, 1.807) is 6.92 Å². The van der Waals surface area contributed by atoms with Crippen molar-refractivity contribution in [1.29, 1.82) is 0 Å². The lowest BCUT2D eigenvalue weighted by Crippen LogP contribution is -2.35. The number of nitrogens with one attached hydrogen (secondary N) is 1. The Bertz CT molecular complexity index is 847. The van der Waals surface area contributed by atoms with Gasteiger partial charge < -0.3 is 29.4 Å². The topological polar surface area (TPSA) is 169 Å². The molecular formula is C12H17N4O8P. The molecule has 0 amide bonds. The quantitative estimate of drug-likeness (QED) is 0.454. The van der Waals surface area contributed by atoms with Crippen LogP contribution in [0.4, 0.5) is 0 Å². The molecule has 0 spiro atoms. The Balaban J connectivity index is 1.91. The number of nitrogens with zero attached hydrogens (tertiary/aromatic N) is 3. The van der Waals surface area contributed by atoms with Gasteiger partial charge in [-0.05, 0) is 6.92 Å². The third-order valence-corrected chi connectivity index (χ3v) is 4.20. The Kier molecular flexibility index (Phi) is 5.02. The predicted molar refractivity (Wildman–Crippen MR) is 81.5 cm³/mol. The maximum atomic E-state index is 11.8. The molecule has 4 atom stereocenters. The SMILES string of the molecule is CCO[C@@H]1[C@H](O)[C@@H](COP(=O)(O)O)O[C@H]1n1cnc2c(=O)[nH]cnc21. The van der Waals surface area contributed by atoms with Gasteiger partial charge in [-0.25, -0.2) is 14.5 Å². The van der Waals surface area contributed by atoms with E-state index in [9.17, 15) is 14.5 Å². The molecule has 3 rings (SSSR count). The zero-order valence-corrected chi connectivity index (χ0v) is 13.9. The largest absolute Gasteiger partial charge is 0.469 e. The molecule has 1 fully saturated rings. The summed E-state index contributed by atoms with van der Waals surface area (Å²) in [7, 11) is -4.71. The third kappa shape index (κ3) is 3.65. The molecule has 4 N–H and O–H groups in total. The van der Waals surface area contributed by atoms with Gasteiger partial charge in [-0.1, -0.05) is 0 Å². The maximum Gasteiger partial charge on any atom is 0.469 e. The minimum absolute atomic E-state index is 0.0887. The second-order valence-corrected chi connectivity index (χ2v) is 6.56. The molecule has 0 aromatic carbocycles. The Labute approximate surface area is 140 Å². The highest BCUT2D eigenvalue weighted by atomic mass is 31.2. The average Bonchev–Trinajstić information content (AvgIpc) is 3.09. The van der Waals surface area contributed by atoms with Crippen LogP contribution in [0, 0.1) is 0 Å².